The smallest absolute Gasteiger partial charge is 0.202 e. The zero-order valence-corrected chi connectivity index (χ0v) is 17.5. The summed E-state index contributed by atoms with van der Waals surface area (Å²) in [6.45, 7) is 0. The normalized spacial score (nSPS) is 11.9. The fourth-order valence-corrected chi connectivity index (χ4v) is 2.82. The van der Waals surface area contributed by atoms with Gasteiger partial charge in [0, 0.05) is 21.3 Å². The van der Waals surface area contributed by atoms with E-state index in [1.54, 1.807) is 18.1 Å². The summed E-state index contributed by atoms with van der Waals surface area (Å²) in [6.07, 6.45) is 3.14. The molecule has 0 radical (unpaired) electrons. The van der Waals surface area contributed by atoms with Crippen LogP contribution in [0.25, 0.3) is 16.9 Å². The first-order valence-electron chi connectivity index (χ1n) is 7.48. The van der Waals surface area contributed by atoms with Crippen molar-refractivity contribution in [2.45, 2.75) is 0 Å². The van der Waals surface area contributed by atoms with Crippen LogP contribution >= 0.6 is 43.5 Å². The number of ether oxygens (including phenoxy) is 1. The molecule has 5 nitrogen and oxygen atoms in total. The molecule has 0 atom stereocenters. The van der Waals surface area contributed by atoms with Gasteiger partial charge in [-0.2, -0.15) is 0 Å². The molecule has 0 saturated carbocycles. The molecule has 3 aromatic rings. The zero-order valence-electron chi connectivity index (χ0n) is 13.6. The second-order valence-corrected chi connectivity index (χ2v) is 7.41. The van der Waals surface area contributed by atoms with E-state index in [1.165, 1.54) is 6.26 Å². The lowest BCUT2D eigenvalue weighted by Gasteiger charge is -1.99. The minimum atomic E-state index is 0.483. The molecule has 2 aromatic carbocycles. The first kappa shape index (κ1) is 18.8. The predicted octanol–water partition coefficient (Wildman–Crippen LogP) is 5.94. The molecule has 1 heterocycles. The Bertz CT molecular complexity index is 950. The predicted molar refractivity (Wildman–Crippen MR) is 112 cm³/mol. The number of halogens is 3. The first-order chi connectivity index (χ1) is 12.6. The molecule has 132 valence electrons. The van der Waals surface area contributed by atoms with Crippen LogP contribution in [0.3, 0.4) is 0 Å². The monoisotopic (exact) mass is 494 g/mol. The second kappa shape index (κ2) is 8.62. The maximum Gasteiger partial charge on any atom is 0.202 e. The standard InChI is InChI=1S/C18H13Br2ClN4O/c1-26-11-14(20)10-22-18-17(12-2-6-15(21)7-3-12)23-25(24-18)16-8-4-13(19)5-9-16/h2-11H,1H3/b14-11-,22-10?. The van der Waals surface area contributed by atoms with Gasteiger partial charge in [0.2, 0.25) is 5.82 Å². The van der Waals surface area contributed by atoms with Crippen molar-refractivity contribution in [1.29, 1.82) is 0 Å². The molecule has 0 N–H and O–H groups in total. The van der Waals surface area contributed by atoms with Gasteiger partial charge in [0.05, 0.1) is 23.5 Å². The van der Waals surface area contributed by atoms with Crippen molar-refractivity contribution in [2.24, 2.45) is 4.99 Å². The number of rotatable bonds is 5. The molecule has 0 amide bonds. The van der Waals surface area contributed by atoms with E-state index in [0.29, 0.717) is 21.0 Å². The summed E-state index contributed by atoms with van der Waals surface area (Å²) in [4.78, 5) is 5.98. The third-order valence-corrected chi connectivity index (χ3v) is 4.48. The fourth-order valence-electron chi connectivity index (χ4n) is 2.14. The Labute approximate surface area is 172 Å². The largest absolute Gasteiger partial charge is 0.503 e. The lowest BCUT2D eigenvalue weighted by molar-refractivity contribution is 0.338. The molecule has 0 unspecified atom stereocenters. The molecule has 1 aromatic heterocycles. The quantitative estimate of drug-likeness (QED) is 0.325. The zero-order chi connectivity index (χ0) is 18.5. The van der Waals surface area contributed by atoms with Crippen molar-refractivity contribution in [1.82, 2.24) is 15.0 Å². The van der Waals surface area contributed by atoms with Gasteiger partial charge >= 0.3 is 0 Å². The van der Waals surface area contributed by atoms with Gasteiger partial charge < -0.3 is 4.74 Å². The summed E-state index contributed by atoms with van der Waals surface area (Å²) in [5.74, 6) is 0.483. The van der Waals surface area contributed by atoms with Gasteiger partial charge in [-0.3, -0.25) is 0 Å². The number of aromatic nitrogens is 3. The minimum Gasteiger partial charge on any atom is -0.503 e. The van der Waals surface area contributed by atoms with Crippen molar-refractivity contribution in [2.75, 3.05) is 7.11 Å². The van der Waals surface area contributed by atoms with E-state index in [1.807, 2.05) is 48.5 Å². The molecule has 0 aliphatic heterocycles. The van der Waals surface area contributed by atoms with Gasteiger partial charge in [-0.1, -0.05) is 39.7 Å². The molecular formula is C18H13Br2ClN4O. The minimum absolute atomic E-state index is 0.483. The number of allylic oxidation sites excluding steroid dienone is 1. The molecule has 26 heavy (non-hydrogen) atoms. The average Bonchev–Trinajstić information content (AvgIpc) is 3.06. The molecule has 0 bridgehead atoms. The summed E-state index contributed by atoms with van der Waals surface area (Å²) >= 11 is 12.8. The average molecular weight is 497 g/mol. The highest BCUT2D eigenvalue weighted by atomic mass is 79.9. The van der Waals surface area contributed by atoms with Crippen molar-refractivity contribution in [3.63, 3.8) is 0 Å². The summed E-state index contributed by atoms with van der Waals surface area (Å²) in [6, 6.07) is 15.1. The number of aliphatic imine (C=N–C) groups is 1. The maximum atomic E-state index is 5.99. The molecule has 8 heteroatoms. The van der Waals surface area contributed by atoms with Crippen LogP contribution in [0.1, 0.15) is 0 Å². The highest BCUT2D eigenvalue weighted by molar-refractivity contribution is 9.12. The van der Waals surface area contributed by atoms with E-state index in [9.17, 15) is 0 Å². The van der Waals surface area contributed by atoms with Crippen molar-refractivity contribution in [3.8, 4) is 16.9 Å². The maximum absolute atomic E-state index is 5.99. The van der Waals surface area contributed by atoms with E-state index in [-0.39, 0.29) is 0 Å². The molecule has 0 aliphatic rings. The topological polar surface area (TPSA) is 52.3 Å². The van der Waals surface area contributed by atoms with E-state index >= 15 is 0 Å². The van der Waals surface area contributed by atoms with E-state index in [0.717, 1.165) is 15.7 Å². The number of hydrogen-bond acceptors (Lipinski definition) is 4. The summed E-state index contributed by atoms with van der Waals surface area (Å²) in [5, 5.41) is 9.77. The van der Waals surface area contributed by atoms with Gasteiger partial charge in [0.1, 0.15) is 5.69 Å². The fraction of sp³-hybridized carbons (Fsp3) is 0.0556. The van der Waals surface area contributed by atoms with Crippen LogP contribution in [0.5, 0.6) is 0 Å². The highest BCUT2D eigenvalue weighted by Gasteiger charge is 2.13. The number of methoxy groups -OCH3 is 1. The van der Waals surface area contributed by atoms with Crippen molar-refractivity contribution >= 4 is 55.5 Å². The number of hydrogen-bond donors (Lipinski definition) is 0. The SMILES string of the molecule is CO/C=C(\Br)C=Nc1nn(-c2ccc(Br)cc2)nc1-c1ccc(Cl)cc1. The lowest BCUT2D eigenvalue weighted by Crippen LogP contribution is -1.98. The van der Waals surface area contributed by atoms with Crippen LogP contribution in [0.2, 0.25) is 5.02 Å². The van der Waals surface area contributed by atoms with E-state index < -0.39 is 0 Å². The van der Waals surface area contributed by atoms with Crippen LogP contribution in [-0.4, -0.2) is 28.3 Å². The number of nitrogens with zero attached hydrogens (tertiary/aromatic N) is 4. The summed E-state index contributed by atoms with van der Waals surface area (Å²) in [7, 11) is 1.57. The van der Waals surface area contributed by atoms with Crippen LogP contribution in [0, 0.1) is 0 Å². The Morgan fingerprint density at radius 2 is 1.81 bits per heavy atom. The molecule has 3 rings (SSSR count). The summed E-state index contributed by atoms with van der Waals surface area (Å²) in [5.41, 5.74) is 2.35. The van der Waals surface area contributed by atoms with Gasteiger partial charge in [-0.15, -0.1) is 15.0 Å². The highest BCUT2D eigenvalue weighted by Crippen LogP contribution is 2.29. The van der Waals surface area contributed by atoms with Crippen LogP contribution < -0.4 is 0 Å². The number of benzene rings is 2. The molecule has 0 spiro atoms. The Kier molecular flexibility index (Phi) is 6.24. The summed E-state index contributed by atoms with van der Waals surface area (Å²) < 4.78 is 6.61. The molecular weight excluding hydrogens is 483 g/mol. The van der Waals surface area contributed by atoms with Crippen LogP contribution in [0.4, 0.5) is 5.82 Å². The van der Waals surface area contributed by atoms with Crippen LogP contribution in [0.15, 0.2) is 68.7 Å². The molecule has 0 saturated heterocycles. The Hall–Kier alpha value is -1.96. The van der Waals surface area contributed by atoms with Gasteiger partial charge in [-0.05, 0) is 52.3 Å². The molecule has 0 aliphatic carbocycles. The lowest BCUT2D eigenvalue weighted by atomic mass is 10.1. The van der Waals surface area contributed by atoms with Gasteiger partial charge in [-0.25, -0.2) is 4.99 Å². The molecule has 0 fully saturated rings. The van der Waals surface area contributed by atoms with Crippen molar-refractivity contribution < 1.29 is 4.74 Å². The van der Waals surface area contributed by atoms with E-state index in [4.69, 9.17) is 16.3 Å². The van der Waals surface area contributed by atoms with Crippen molar-refractivity contribution in [3.05, 3.63) is 68.8 Å². The first-order valence-corrected chi connectivity index (χ1v) is 9.45. The Morgan fingerprint density at radius 3 is 2.46 bits per heavy atom. The van der Waals surface area contributed by atoms with Crippen LogP contribution in [-0.2, 0) is 4.74 Å². The third-order valence-electron chi connectivity index (χ3n) is 3.31. The Morgan fingerprint density at radius 1 is 1.12 bits per heavy atom. The third kappa shape index (κ3) is 4.60. The second-order valence-electron chi connectivity index (χ2n) is 5.14. The van der Waals surface area contributed by atoms with Gasteiger partial charge in [0.15, 0.2) is 0 Å². The Balaban J connectivity index is 2.06. The van der Waals surface area contributed by atoms with E-state index in [2.05, 4.69) is 47.0 Å². The van der Waals surface area contributed by atoms with Gasteiger partial charge in [0.25, 0.3) is 0 Å².